The summed E-state index contributed by atoms with van der Waals surface area (Å²) in [6.07, 6.45) is 6.89. The van der Waals surface area contributed by atoms with Gasteiger partial charge in [-0.05, 0) is 18.9 Å². The molecule has 0 unspecified atom stereocenters. The van der Waals surface area contributed by atoms with Gasteiger partial charge in [0.25, 0.3) is 0 Å². The van der Waals surface area contributed by atoms with Crippen LogP contribution in [0.5, 0.6) is 0 Å². The summed E-state index contributed by atoms with van der Waals surface area (Å²) < 4.78 is 0. The van der Waals surface area contributed by atoms with Gasteiger partial charge in [0.2, 0.25) is 0 Å². The topological polar surface area (TPSA) is 24.7 Å². The quantitative estimate of drug-likeness (QED) is 0.571. The Morgan fingerprint density at radius 2 is 2.08 bits per heavy atom. The lowest BCUT2D eigenvalue weighted by molar-refractivity contribution is 0.761. The second-order valence-electron chi connectivity index (χ2n) is 2.61. The second kappa shape index (κ2) is 6.53. The van der Waals surface area contributed by atoms with Crippen molar-refractivity contribution in [1.29, 1.82) is 0 Å². The zero-order valence-corrected chi connectivity index (χ0v) is 7.99. The molecule has 2 heteroatoms. The van der Waals surface area contributed by atoms with Crippen LogP contribution in [0, 0.1) is 5.92 Å². The summed E-state index contributed by atoms with van der Waals surface area (Å²) in [7, 11) is 0. The Kier molecular flexibility index (Phi) is 5.88. The molecule has 0 radical (unpaired) electrons. The molecule has 0 aromatic carbocycles. The number of hydrogen-bond donors (Lipinski definition) is 0. The molecular formula is C10H16N2. The van der Waals surface area contributed by atoms with Gasteiger partial charge in [0.15, 0.2) is 0 Å². The average Bonchev–Trinajstić information content (AvgIpc) is 2.03. The predicted octanol–water partition coefficient (Wildman–Crippen LogP) is 2.83. The van der Waals surface area contributed by atoms with Crippen LogP contribution in [0.4, 0.5) is 0 Å². The number of nitrogens with zero attached hydrogens (tertiary/aromatic N) is 2. The summed E-state index contributed by atoms with van der Waals surface area (Å²) in [6.45, 7) is 9.58. The Morgan fingerprint density at radius 1 is 1.42 bits per heavy atom. The Morgan fingerprint density at radius 3 is 2.50 bits per heavy atom. The minimum atomic E-state index is 0.428. The first-order valence-corrected chi connectivity index (χ1v) is 4.05. The first-order chi connectivity index (χ1) is 5.72. The van der Waals surface area contributed by atoms with Crippen molar-refractivity contribution in [3.05, 3.63) is 24.6 Å². The highest BCUT2D eigenvalue weighted by Crippen LogP contribution is 2.08. The molecule has 0 aromatic heterocycles. The fourth-order valence-electron chi connectivity index (χ4n) is 0.714. The molecule has 0 N–H and O–H groups in total. The van der Waals surface area contributed by atoms with Gasteiger partial charge in [0.05, 0.1) is 0 Å². The molecule has 0 aromatic rings. The Labute approximate surface area is 74.4 Å². The highest BCUT2D eigenvalue weighted by atomic mass is 14.7. The van der Waals surface area contributed by atoms with E-state index in [0.717, 1.165) is 5.70 Å². The molecular weight excluding hydrogens is 148 g/mol. The van der Waals surface area contributed by atoms with E-state index in [1.807, 2.05) is 13.0 Å². The maximum Gasteiger partial charge on any atom is 0.0440 e. The Hall–Kier alpha value is -1.18. The maximum absolute atomic E-state index is 4.21. The molecule has 0 saturated heterocycles. The molecule has 0 amide bonds. The van der Waals surface area contributed by atoms with Gasteiger partial charge >= 0.3 is 0 Å². The summed E-state index contributed by atoms with van der Waals surface area (Å²) >= 11 is 0. The van der Waals surface area contributed by atoms with Crippen LogP contribution in [0.1, 0.15) is 20.8 Å². The van der Waals surface area contributed by atoms with Crippen LogP contribution in [-0.2, 0) is 0 Å². The van der Waals surface area contributed by atoms with Crippen molar-refractivity contribution < 1.29 is 0 Å². The molecule has 0 atom stereocenters. The van der Waals surface area contributed by atoms with Gasteiger partial charge in [-0.1, -0.05) is 20.4 Å². The van der Waals surface area contributed by atoms with E-state index in [-0.39, 0.29) is 0 Å². The second-order valence-corrected chi connectivity index (χ2v) is 2.61. The number of hydrogen-bond acceptors (Lipinski definition) is 2. The molecule has 12 heavy (non-hydrogen) atoms. The highest BCUT2D eigenvalue weighted by molar-refractivity contribution is 5.73. The van der Waals surface area contributed by atoms with Gasteiger partial charge in [0, 0.05) is 24.3 Å². The fourth-order valence-corrected chi connectivity index (χ4v) is 0.714. The summed E-state index contributed by atoms with van der Waals surface area (Å²) in [6, 6.07) is 0. The van der Waals surface area contributed by atoms with Gasteiger partial charge in [-0.3, -0.25) is 9.98 Å². The van der Waals surface area contributed by atoms with Crippen LogP contribution >= 0.6 is 0 Å². The summed E-state index contributed by atoms with van der Waals surface area (Å²) in [5.74, 6) is 0.428. The van der Waals surface area contributed by atoms with E-state index in [0.29, 0.717) is 5.92 Å². The van der Waals surface area contributed by atoms with Gasteiger partial charge in [-0.25, -0.2) is 0 Å². The standard InChI is InChI=1S/C10H16N2/c1-5-11-8-7-10(9(3)4)12-6-2/h5-9H,1H2,2-4H3/b10-7-,11-8?,12-6?. The lowest BCUT2D eigenvalue weighted by atomic mass is 10.1. The van der Waals surface area contributed by atoms with E-state index in [1.165, 1.54) is 6.20 Å². The lowest BCUT2D eigenvalue weighted by Gasteiger charge is -2.02. The monoisotopic (exact) mass is 164 g/mol. The smallest absolute Gasteiger partial charge is 0.0440 e. The van der Waals surface area contributed by atoms with E-state index < -0.39 is 0 Å². The van der Waals surface area contributed by atoms with Crippen LogP contribution in [0.15, 0.2) is 34.5 Å². The van der Waals surface area contributed by atoms with Crippen LogP contribution in [0.3, 0.4) is 0 Å². The van der Waals surface area contributed by atoms with Gasteiger partial charge < -0.3 is 0 Å². The van der Waals surface area contributed by atoms with E-state index in [4.69, 9.17) is 0 Å². The van der Waals surface area contributed by atoms with Crippen molar-refractivity contribution in [3.8, 4) is 0 Å². The van der Waals surface area contributed by atoms with E-state index in [1.54, 1.807) is 12.4 Å². The van der Waals surface area contributed by atoms with Crippen LogP contribution < -0.4 is 0 Å². The van der Waals surface area contributed by atoms with Crippen molar-refractivity contribution in [3.63, 3.8) is 0 Å². The molecule has 0 aliphatic heterocycles. The minimum Gasteiger partial charge on any atom is -0.266 e. The van der Waals surface area contributed by atoms with E-state index in [9.17, 15) is 0 Å². The molecule has 66 valence electrons. The molecule has 2 nitrogen and oxygen atoms in total. The summed E-state index contributed by atoms with van der Waals surface area (Å²) in [5.41, 5.74) is 1.03. The number of rotatable bonds is 4. The van der Waals surface area contributed by atoms with Crippen molar-refractivity contribution in [2.75, 3.05) is 0 Å². The van der Waals surface area contributed by atoms with Crippen LogP contribution in [0.2, 0.25) is 0 Å². The minimum absolute atomic E-state index is 0.428. The third kappa shape index (κ3) is 4.61. The number of aliphatic imine (C=N–C) groups is 2. The molecule has 0 saturated carbocycles. The lowest BCUT2D eigenvalue weighted by Crippen LogP contribution is -1.91. The van der Waals surface area contributed by atoms with Gasteiger partial charge in [0.1, 0.15) is 0 Å². The Balaban J connectivity index is 4.38. The molecule has 0 aliphatic carbocycles. The molecule has 0 fully saturated rings. The van der Waals surface area contributed by atoms with Gasteiger partial charge in [-0.15, -0.1) is 0 Å². The average molecular weight is 164 g/mol. The van der Waals surface area contributed by atoms with Crippen LogP contribution in [0.25, 0.3) is 0 Å². The molecule has 0 heterocycles. The van der Waals surface area contributed by atoms with Crippen molar-refractivity contribution in [2.24, 2.45) is 15.9 Å². The SMILES string of the molecule is C=CN=C/C=C(\N=CC)C(C)C. The largest absolute Gasteiger partial charge is 0.266 e. The zero-order valence-electron chi connectivity index (χ0n) is 7.99. The highest BCUT2D eigenvalue weighted by Gasteiger charge is 1.97. The third-order valence-corrected chi connectivity index (χ3v) is 1.31. The fraction of sp³-hybridized carbons (Fsp3) is 0.400. The molecule has 0 rings (SSSR count). The summed E-state index contributed by atoms with van der Waals surface area (Å²) in [4.78, 5) is 8.07. The van der Waals surface area contributed by atoms with Crippen LogP contribution in [-0.4, -0.2) is 12.4 Å². The third-order valence-electron chi connectivity index (χ3n) is 1.31. The van der Waals surface area contributed by atoms with Crippen molar-refractivity contribution in [1.82, 2.24) is 0 Å². The first kappa shape index (κ1) is 10.8. The Bertz CT molecular complexity index is 210. The van der Waals surface area contributed by atoms with Crippen molar-refractivity contribution >= 4 is 12.4 Å². The molecule has 0 bridgehead atoms. The van der Waals surface area contributed by atoms with E-state index in [2.05, 4.69) is 30.4 Å². The molecule has 0 aliphatic rings. The van der Waals surface area contributed by atoms with Crippen molar-refractivity contribution in [2.45, 2.75) is 20.8 Å². The molecule has 0 spiro atoms. The zero-order chi connectivity index (χ0) is 9.40. The maximum atomic E-state index is 4.21. The van der Waals surface area contributed by atoms with E-state index >= 15 is 0 Å². The summed E-state index contributed by atoms with van der Waals surface area (Å²) in [5, 5.41) is 0. The predicted molar refractivity (Wildman–Crippen MR) is 55.8 cm³/mol. The number of allylic oxidation sites excluding steroid dienone is 2. The first-order valence-electron chi connectivity index (χ1n) is 4.05. The normalized spacial score (nSPS) is 13.5. The van der Waals surface area contributed by atoms with Gasteiger partial charge in [-0.2, -0.15) is 0 Å².